The van der Waals surface area contributed by atoms with E-state index in [1.807, 2.05) is 0 Å². The maximum Gasteiger partial charge on any atom is 0.308 e. The molecular weight excluding hydrogens is 336 g/mol. The number of carbonyl (C=O) groups is 3. The molecule has 7 nitrogen and oxygen atoms in total. The van der Waals surface area contributed by atoms with E-state index in [-0.39, 0.29) is 17.9 Å². The lowest BCUT2D eigenvalue weighted by atomic mass is 10.2. The maximum atomic E-state index is 12.8. The molecule has 0 aliphatic carbocycles. The highest BCUT2D eigenvalue weighted by Crippen LogP contribution is 2.18. The van der Waals surface area contributed by atoms with Gasteiger partial charge in [0.15, 0.2) is 0 Å². The second kappa shape index (κ2) is 8.31. The predicted octanol–water partition coefficient (Wildman–Crippen LogP) is 1.47. The van der Waals surface area contributed by atoms with E-state index in [2.05, 4.69) is 0 Å². The van der Waals surface area contributed by atoms with Gasteiger partial charge in [0.05, 0.1) is 0 Å². The van der Waals surface area contributed by atoms with E-state index in [0.29, 0.717) is 44.1 Å². The van der Waals surface area contributed by atoms with Crippen LogP contribution in [-0.2, 0) is 14.3 Å². The smallest absolute Gasteiger partial charge is 0.308 e. The van der Waals surface area contributed by atoms with Crippen LogP contribution in [0.1, 0.15) is 36.5 Å². The van der Waals surface area contributed by atoms with Gasteiger partial charge < -0.3 is 19.3 Å². The number of hydrogen-bond donors (Lipinski definition) is 0. The van der Waals surface area contributed by atoms with Gasteiger partial charge in [0, 0.05) is 45.3 Å². The Kier molecular flexibility index (Phi) is 5.88. The molecule has 0 radical (unpaired) electrons. The summed E-state index contributed by atoms with van der Waals surface area (Å²) < 4.78 is 10.5. The van der Waals surface area contributed by atoms with Crippen molar-refractivity contribution in [1.29, 1.82) is 0 Å². The average Bonchev–Trinajstić information content (AvgIpc) is 3.05. The topological polar surface area (TPSA) is 76.2 Å². The van der Waals surface area contributed by atoms with E-state index in [1.165, 1.54) is 6.92 Å². The van der Waals surface area contributed by atoms with Gasteiger partial charge in [-0.2, -0.15) is 0 Å². The number of ether oxygens (including phenoxy) is 2. The fourth-order valence-corrected chi connectivity index (χ4v) is 3.36. The fourth-order valence-electron chi connectivity index (χ4n) is 3.36. The van der Waals surface area contributed by atoms with Gasteiger partial charge in [-0.1, -0.05) is 6.07 Å². The first-order valence-electron chi connectivity index (χ1n) is 9.03. The van der Waals surface area contributed by atoms with Crippen molar-refractivity contribution in [3.05, 3.63) is 29.8 Å². The Bertz CT molecular complexity index is 684. The average molecular weight is 360 g/mol. The third-order valence-electron chi connectivity index (χ3n) is 4.64. The first-order chi connectivity index (χ1) is 12.5. The summed E-state index contributed by atoms with van der Waals surface area (Å²) >= 11 is 0. The van der Waals surface area contributed by atoms with E-state index in [4.69, 9.17) is 9.47 Å². The molecule has 26 heavy (non-hydrogen) atoms. The van der Waals surface area contributed by atoms with Crippen LogP contribution in [0.3, 0.4) is 0 Å². The third-order valence-corrected chi connectivity index (χ3v) is 4.64. The molecule has 0 spiro atoms. The van der Waals surface area contributed by atoms with Gasteiger partial charge in [0.1, 0.15) is 11.9 Å². The van der Waals surface area contributed by atoms with Gasteiger partial charge in [-0.05, 0) is 37.5 Å². The molecule has 2 heterocycles. The van der Waals surface area contributed by atoms with Gasteiger partial charge in [-0.3, -0.25) is 14.4 Å². The summed E-state index contributed by atoms with van der Waals surface area (Å²) in [4.78, 5) is 39.9. The summed E-state index contributed by atoms with van der Waals surface area (Å²) in [6.07, 6.45) is 2.11. The Labute approximate surface area is 152 Å². The minimum Gasteiger partial charge on any atom is -0.427 e. The van der Waals surface area contributed by atoms with Crippen LogP contribution >= 0.6 is 0 Å². The Balaban J connectivity index is 1.62. The van der Waals surface area contributed by atoms with Crippen molar-refractivity contribution < 1.29 is 23.9 Å². The molecule has 0 saturated carbocycles. The lowest BCUT2D eigenvalue weighted by molar-refractivity contribution is -0.140. The van der Waals surface area contributed by atoms with Crippen molar-refractivity contribution in [2.45, 2.75) is 32.3 Å². The molecule has 7 heteroatoms. The third kappa shape index (κ3) is 4.40. The highest BCUT2D eigenvalue weighted by molar-refractivity contribution is 5.94. The molecule has 2 fully saturated rings. The van der Waals surface area contributed by atoms with Crippen LogP contribution in [0.2, 0.25) is 0 Å². The Morgan fingerprint density at radius 3 is 2.58 bits per heavy atom. The summed E-state index contributed by atoms with van der Waals surface area (Å²) in [5.41, 5.74) is 0.475. The van der Waals surface area contributed by atoms with Gasteiger partial charge in [0.25, 0.3) is 11.8 Å². The number of carbonyl (C=O) groups excluding carboxylic acids is 3. The summed E-state index contributed by atoms with van der Waals surface area (Å²) in [7, 11) is 0. The van der Waals surface area contributed by atoms with Crippen molar-refractivity contribution in [2.24, 2.45) is 0 Å². The molecule has 0 N–H and O–H groups in total. The zero-order chi connectivity index (χ0) is 18.5. The number of rotatable bonds is 3. The zero-order valence-electron chi connectivity index (χ0n) is 15.0. The minimum atomic E-state index is -0.423. The first-order valence-corrected chi connectivity index (χ1v) is 9.03. The lowest BCUT2D eigenvalue weighted by Crippen LogP contribution is -2.41. The molecule has 0 aromatic heterocycles. The first kappa shape index (κ1) is 18.4. The molecule has 1 aromatic carbocycles. The number of benzene rings is 1. The summed E-state index contributed by atoms with van der Waals surface area (Å²) in [5.74, 6) is -0.153. The van der Waals surface area contributed by atoms with Crippen molar-refractivity contribution in [3.8, 4) is 5.75 Å². The molecule has 2 amide bonds. The van der Waals surface area contributed by atoms with Gasteiger partial charge in [-0.15, -0.1) is 0 Å². The van der Waals surface area contributed by atoms with Crippen molar-refractivity contribution in [3.63, 3.8) is 0 Å². The van der Waals surface area contributed by atoms with Crippen LogP contribution in [-0.4, -0.2) is 66.5 Å². The van der Waals surface area contributed by atoms with Gasteiger partial charge in [0.2, 0.25) is 0 Å². The normalized spacial score (nSPS) is 20.6. The molecule has 1 atom stereocenters. The van der Waals surface area contributed by atoms with Crippen molar-refractivity contribution in [1.82, 2.24) is 9.80 Å². The van der Waals surface area contributed by atoms with Crippen LogP contribution in [0.4, 0.5) is 0 Å². The zero-order valence-corrected chi connectivity index (χ0v) is 15.0. The predicted molar refractivity (Wildman–Crippen MR) is 93.8 cm³/mol. The molecule has 0 bridgehead atoms. The van der Waals surface area contributed by atoms with Crippen molar-refractivity contribution >= 4 is 17.8 Å². The Morgan fingerprint density at radius 2 is 1.85 bits per heavy atom. The van der Waals surface area contributed by atoms with Gasteiger partial charge in [-0.25, -0.2) is 0 Å². The van der Waals surface area contributed by atoms with E-state index in [1.54, 1.807) is 34.1 Å². The minimum absolute atomic E-state index is 0.0358. The maximum absolute atomic E-state index is 12.8. The van der Waals surface area contributed by atoms with E-state index in [9.17, 15) is 14.4 Å². The highest BCUT2D eigenvalue weighted by Gasteiger charge is 2.30. The summed E-state index contributed by atoms with van der Waals surface area (Å²) in [6.45, 7) is 4.18. The SMILES string of the molecule is CC(=O)Oc1cccc(C(=O)N2CCCN(C(=O)C3CCCO3)CC2)c1. The summed E-state index contributed by atoms with van der Waals surface area (Å²) in [6, 6.07) is 6.61. The standard InChI is InChI=1S/C19H24N2O5/c1-14(22)26-16-6-2-5-15(13-16)18(23)20-8-4-9-21(11-10-20)19(24)17-7-3-12-25-17/h2,5-6,13,17H,3-4,7-12H2,1H3. The van der Waals surface area contributed by atoms with Crippen molar-refractivity contribution in [2.75, 3.05) is 32.8 Å². The molecule has 1 aromatic rings. The molecule has 140 valence electrons. The molecule has 2 aliphatic heterocycles. The monoisotopic (exact) mass is 360 g/mol. The second-order valence-electron chi connectivity index (χ2n) is 6.59. The Morgan fingerprint density at radius 1 is 1.08 bits per heavy atom. The van der Waals surface area contributed by atoms with Crippen LogP contribution in [0.15, 0.2) is 24.3 Å². The number of esters is 1. The largest absolute Gasteiger partial charge is 0.427 e. The van der Waals surface area contributed by atoms with Crippen LogP contribution in [0.25, 0.3) is 0 Å². The summed E-state index contributed by atoms with van der Waals surface area (Å²) in [5, 5.41) is 0. The second-order valence-corrected chi connectivity index (χ2v) is 6.59. The quantitative estimate of drug-likeness (QED) is 0.603. The molecule has 1 unspecified atom stereocenters. The van der Waals surface area contributed by atoms with E-state index >= 15 is 0 Å². The molecular formula is C19H24N2O5. The highest BCUT2D eigenvalue weighted by atomic mass is 16.5. The van der Waals surface area contributed by atoms with Crippen LogP contribution in [0.5, 0.6) is 5.75 Å². The van der Waals surface area contributed by atoms with Crippen LogP contribution in [0, 0.1) is 0 Å². The Hall–Kier alpha value is -2.41. The molecule has 2 saturated heterocycles. The number of nitrogens with zero attached hydrogens (tertiary/aromatic N) is 2. The molecule has 2 aliphatic rings. The van der Waals surface area contributed by atoms with Crippen LogP contribution < -0.4 is 4.74 Å². The van der Waals surface area contributed by atoms with Gasteiger partial charge >= 0.3 is 5.97 Å². The lowest BCUT2D eigenvalue weighted by Gasteiger charge is -2.24. The van der Waals surface area contributed by atoms with E-state index < -0.39 is 5.97 Å². The number of amides is 2. The fraction of sp³-hybridized carbons (Fsp3) is 0.526. The number of hydrogen-bond acceptors (Lipinski definition) is 5. The molecule has 3 rings (SSSR count). The van der Waals surface area contributed by atoms with E-state index in [0.717, 1.165) is 19.3 Å².